The number of sulfonamides is 1. The first-order valence-corrected chi connectivity index (χ1v) is 8.24. The van der Waals surface area contributed by atoms with Crippen LogP contribution in [0.25, 0.3) is 0 Å². The zero-order chi connectivity index (χ0) is 15.3. The first-order valence-electron chi connectivity index (χ1n) is 6.80. The topological polar surface area (TPSA) is 72.6 Å². The lowest BCUT2D eigenvalue weighted by Gasteiger charge is -2.23. The Morgan fingerprint density at radius 3 is 2.50 bits per heavy atom. The third-order valence-corrected chi connectivity index (χ3v) is 5.34. The Kier molecular flexibility index (Phi) is 5.83. The molecule has 0 saturated carbocycles. The molecule has 1 rings (SSSR count). The van der Waals surface area contributed by atoms with Gasteiger partial charge in [-0.05, 0) is 18.1 Å². The normalized spacial score (nSPS) is 13.4. The van der Waals surface area contributed by atoms with Crippen LogP contribution >= 0.6 is 0 Å². The molecule has 0 bridgehead atoms. The Morgan fingerprint density at radius 1 is 1.35 bits per heavy atom. The molecule has 114 valence electrons. The van der Waals surface area contributed by atoms with Crippen LogP contribution in [0.3, 0.4) is 0 Å². The number of rotatable bonds is 7. The van der Waals surface area contributed by atoms with Gasteiger partial charge in [-0.25, -0.2) is 8.42 Å². The average Bonchev–Trinajstić information content (AvgIpc) is 2.44. The molecule has 0 heterocycles. The van der Waals surface area contributed by atoms with Crippen molar-refractivity contribution in [1.82, 2.24) is 4.31 Å². The molecule has 20 heavy (non-hydrogen) atoms. The van der Waals surface area contributed by atoms with Crippen molar-refractivity contribution in [2.45, 2.75) is 32.1 Å². The van der Waals surface area contributed by atoms with E-state index in [2.05, 4.69) is 6.92 Å². The van der Waals surface area contributed by atoms with Crippen molar-refractivity contribution in [3.63, 3.8) is 0 Å². The van der Waals surface area contributed by atoms with E-state index in [9.17, 15) is 8.42 Å². The zero-order valence-electron chi connectivity index (χ0n) is 12.6. The van der Waals surface area contributed by atoms with Gasteiger partial charge >= 0.3 is 0 Å². The molecule has 0 amide bonds. The van der Waals surface area contributed by atoms with Gasteiger partial charge < -0.3 is 10.5 Å². The number of nitrogens with zero attached hydrogens (tertiary/aromatic N) is 1. The molecular weight excluding hydrogens is 276 g/mol. The van der Waals surface area contributed by atoms with E-state index in [1.54, 1.807) is 6.07 Å². The molecule has 1 unspecified atom stereocenters. The van der Waals surface area contributed by atoms with Crippen LogP contribution < -0.4 is 10.5 Å². The van der Waals surface area contributed by atoms with Gasteiger partial charge in [0.15, 0.2) is 0 Å². The van der Waals surface area contributed by atoms with Crippen LogP contribution in [0.5, 0.6) is 5.75 Å². The van der Waals surface area contributed by atoms with Gasteiger partial charge in [-0.2, -0.15) is 4.31 Å². The number of hydrogen-bond acceptors (Lipinski definition) is 4. The van der Waals surface area contributed by atoms with E-state index in [1.807, 2.05) is 13.8 Å². The number of methoxy groups -OCH3 is 1. The first kappa shape index (κ1) is 16.8. The second kappa shape index (κ2) is 6.95. The van der Waals surface area contributed by atoms with Crippen LogP contribution in [0.1, 0.15) is 27.2 Å². The molecule has 0 spiro atoms. The third-order valence-electron chi connectivity index (χ3n) is 3.41. The van der Waals surface area contributed by atoms with Crippen molar-refractivity contribution >= 4 is 15.7 Å². The molecule has 0 aromatic heterocycles. The van der Waals surface area contributed by atoms with E-state index in [-0.39, 0.29) is 4.90 Å². The van der Waals surface area contributed by atoms with Gasteiger partial charge in [-0.3, -0.25) is 0 Å². The highest BCUT2D eigenvalue weighted by Crippen LogP contribution is 2.27. The summed E-state index contributed by atoms with van der Waals surface area (Å²) in [6, 6.07) is 4.55. The maximum atomic E-state index is 12.6. The maximum Gasteiger partial charge on any atom is 0.243 e. The minimum Gasteiger partial charge on any atom is -0.495 e. The van der Waals surface area contributed by atoms with E-state index in [0.717, 1.165) is 6.42 Å². The molecule has 6 heteroatoms. The molecule has 1 aromatic carbocycles. The van der Waals surface area contributed by atoms with E-state index < -0.39 is 10.0 Å². The molecule has 2 N–H and O–H groups in total. The summed E-state index contributed by atoms with van der Waals surface area (Å²) >= 11 is 0. The third kappa shape index (κ3) is 3.64. The molecule has 0 aliphatic rings. The van der Waals surface area contributed by atoms with Gasteiger partial charge in [0.1, 0.15) is 5.75 Å². The van der Waals surface area contributed by atoms with Gasteiger partial charge in [0.2, 0.25) is 10.0 Å². The SMILES string of the molecule is CCC(C)CN(CC)S(=O)(=O)c1ccc(N)c(OC)c1. The summed E-state index contributed by atoms with van der Waals surface area (Å²) in [5.74, 6) is 0.700. The fourth-order valence-electron chi connectivity index (χ4n) is 1.87. The second-order valence-corrected chi connectivity index (χ2v) is 6.81. The largest absolute Gasteiger partial charge is 0.495 e. The lowest BCUT2D eigenvalue weighted by Crippen LogP contribution is -2.34. The van der Waals surface area contributed by atoms with Crippen molar-refractivity contribution in [2.75, 3.05) is 25.9 Å². The van der Waals surface area contributed by atoms with Crippen molar-refractivity contribution < 1.29 is 13.2 Å². The highest BCUT2D eigenvalue weighted by Gasteiger charge is 2.25. The van der Waals surface area contributed by atoms with Gasteiger partial charge in [0.05, 0.1) is 17.7 Å². The van der Waals surface area contributed by atoms with E-state index in [1.165, 1.54) is 23.5 Å². The number of hydrogen-bond donors (Lipinski definition) is 1. The first-order chi connectivity index (χ1) is 9.36. The molecule has 0 aliphatic heterocycles. The predicted octanol–water partition coefficient (Wildman–Crippen LogP) is 2.33. The highest BCUT2D eigenvalue weighted by atomic mass is 32.2. The van der Waals surface area contributed by atoms with Crippen LogP contribution in [0, 0.1) is 5.92 Å². The van der Waals surface area contributed by atoms with Crippen molar-refractivity contribution in [1.29, 1.82) is 0 Å². The fraction of sp³-hybridized carbons (Fsp3) is 0.571. The van der Waals surface area contributed by atoms with Crippen LogP contribution in [-0.4, -0.2) is 32.9 Å². The Labute approximate surface area is 121 Å². The average molecular weight is 300 g/mol. The molecule has 5 nitrogen and oxygen atoms in total. The quantitative estimate of drug-likeness (QED) is 0.784. The lowest BCUT2D eigenvalue weighted by atomic mass is 10.1. The van der Waals surface area contributed by atoms with Crippen molar-refractivity contribution in [3.8, 4) is 5.75 Å². The minimum atomic E-state index is -3.51. The minimum absolute atomic E-state index is 0.216. The molecular formula is C14H24N2O3S. The molecule has 0 radical (unpaired) electrons. The summed E-state index contributed by atoms with van der Waals surface area (Å²) in [7, 11) is -2.04. The predicted molar refractivity (Wildman–Crippen MR) is 81.3 cm³/mol. The lowest BCUT2D eigenvalue weighted by molar-refractivity contribution is 0.361. The standard InChI is InChI=1S/C14H24N2O3S/c1-5-11(3)10-16(6-2)20(17,18)12-7-8-13(15)14(9-12)19-4/h7-9,11H,5-6,10,15H2,1-4H3. The summed E-state index contributed by atoms with van der Waals surface area (Å²) in [4.78, 5) is 0.216. The number of benzene rings is 1. The van der Waals surface area contributed by atoms with Crippen molar-refractivity contribution in [2.24, 2.45) is 5.92 Å². The molecule has 0 fully saturated rings. The Hall–Kier alpha value is -1.27. The van der Waals surface area contributed by atoms with Crippen LogP contribution in [0.15, 0.2) is 23.1 Å². The van der Waals surface area contributed by atoms with E-state index in [4.69, 9.17) is 10.5 Å². The highest BCUT2D eigenvalue weighted by molar-refractivity contribution is 7.89. The van der Waals surface area contributed by atoms with Crippen LogP contribution in [0.2, 0.25) is 0 Å². The second-order valence-electron chi connectivity index (χ2n) is 4.87. The Balaban J connectivity index is 3.13. The summed E-state index contributed by atoms with van der Waals surface area (Å²) in [6.07, 6.45) is 0.942. The monoisotopic (exact) mass is 300 g/mol. The van der Waals surface area contributed by atoms with Crippen LogP contribution in [-0.2, 0) is 10.0 Å². The van der Waals surface area contributed by atoms with Crippen LogP contribution in [0.4, 0.5) is 5.69 Å². The Morgan fingerprint density at radius 2 is 2.00 bits per heavy atom. The van der Waals surface area contributed by atoms with Gasteiger partial charge in [-0.1, -0.05) is 27.2 Å². The molecule has 1 atom stereocenters. The molecule has 1 aromatic rings. The zero-order valence-corrected chi connectivity index (χ0v) is 13.4. The Bertz CT molecular complexity index is 543. The van der Waals surface area contributed by atoms with Gasteiger partial charge in [-0.15, -0.1) is 0 Å². The number of anilines is 1. The van der Waals surface area contributed by atoms with E-state index in [0.29, 0.717) is 30.4 Å². The van der Waals surface area contributed by atoms with E-state index >= 15 is 0 Å². The van der Waals surface area contributed by atoms with Crippen molar-refractivity contribution in [3.05, 3.63) is 18.2 Å². The maximum absolute atomic E-state index is 12.6. The van der Waals surface area contributed by atoms with Gasteiger partial charge in [0.25, 0.3) is 0 Å². The summed E-state index contributed by atoms with van der Waals surface area (Å²) in [5, 5.41) is 0. The summed E-state index contributed by atoms with van der Waals surface area (Å²) < 4.78 is 31.8. The molecule has 0 saturated heterocycles. The molecule has 0 aliphatic carbocycles. The smallest absolute Gasteiger partial charge is 0.243 e. The summed E-state index contributed by atoms with van der Waals surface area (Å²) in [5.41, 5.74) is 6.15. The summed E-state index contributed by atoms with van der Waals surface area (Å²) in [6.45, 7) is 6.90. The number of ether oxygens (including phenoxy) is 1. The van der Waals surface area contributed by atoms with Gasteiger partial charge in [0, 0.05) is 19.2 Å². The number of nitrogen functional groups attached to an aromatic ring is 1. The number of nitrogens with two attached hydrogens (primary N) is 1. The fourth-order valence-corrected chi connectivity index (χ4v) is 3.46.